The molecule has 0 aliphatic rings. The first-order valence-electron chi connectivity index (χ1n) is 8.22. The molecule has 0 spiro atoms. The van der Waals surface area contributed by atoms with Gasteiger partial charge in [0.15, 0.2) is 5.82 Å². The van der Waals surface area contributed by atoms with Gasteiger partial charge in [-0.3, -0.25) is 9.48 Å². The molecule has 134 valence electrons. The van der Waals surface area contributed by atoms with Crippen LogP contribution in [-0.2, 0) is 6.54 Å². The quantitative estimate of drug-likeness (QED) is 0.722. The number of hydrogen-bond acceptors (Lipinski definition) is 3. The van der Waals surface area contributed by atoms with Crippen LogP contribution in [0.1, 0.15) is 27.2 Å². The molecule has 1 aromatic heterocycles. The van der Waals surface area contributed by atoms with Gasteiger partial charge in [0.1, 0.15) is 5.75 Å². The summed E-state index contributed by atoms with van der Waals surface area (Å²) in [6, 6.07) is 14.9. The van der Waals surface area contributed by atoms with Crippen molar-refractivity contribution < 1.29 is 9.53 Å². The molecule has 0 aliphatic heterocycles. The third-order valence-corrected chi connectivity index (χ3v) is 4.43. The number of carbonyl (C=O) groups is 1. The Labute approximate surface area is 157 Å². The Hall–Kier alpha value is -2.79. The molecule has 1 heterocycles. The Kier molecular flexibility index (Phi) is 5.28. The molecule has 2 aromatic carbocycles. The van der Waals surface area contributed by atoms with E-state index in [-0.39, 0.29) is 5.91 Å². The molecular formula is C20H20ClN3O2. The highest BCUT2D eigenvalue weighted by Gasteiger charge is 2.14. The summed E-state index contributed by atoms with van der Waals surface area (Å²) in [5.41, 5.74) is 3.35. The van der Waals surface area contributed by atoms with E-state index in [1.54, 1.807) is 19.2 Å². The maximum atomic E-state index is 12.6. The summed E-state index contributed by atoms with van der Waals surface area (Å²) in [6.45, 7) is 4.39. The van der Waals surface area contributed by atoms with Gasteiger partial charge >= 0.3 is 0 Å². The normalized spacial score (nSPS) is 10.6. The van der Waals surface area contributed by atoms with Crippen LogP contribution in [0.4, 0.5) is 5.82 Å². The molecule has 0 bridgehead atoms. The number of hydrogen-bond donors (Lipinski definition) is 1. The number of benzene rings is 2. The van der Waals surface area contributed by atoms with Gasteiger partial charge in [-0.1, -0.05) is 29.8 Å². The molecular weight excluding hydrogens is 350 g/mol. The molecule has 5 nitrogen and oxygen atoms in total. The Morgan fingerprint density at radius 2 is 1.96 bits per heavy atom. The lowest BCUT2D eigenvalue weighted by molar-refractivity contribution is 0.102. The van der Waals surface area contributed by atoms with Crippen molar-refractivity contribution in [3.05, 3.63) is 75.9 Å². The monoisotopic (exact) mass is 369 g/mol. The number of methoxy groups -OCH3 is 1. The topological polar surface area (TPSA) is 56.1 Å². The molecule has 3 rings (SSSR count). The maximum Gasteiger partial charge on any atom is 0.257 e. The summed E-state index contributed by atoms with van der Waals surface area (Å²) in [5, 5.41) is 8.03. The van der Waals surface area contributed by atoms with E-state index < -0.39 is 0 Å². The van der Waals surface area contributed by atoms with E-state index in [2.05, 4.69) is 10.4 Å². The molecule has 26 heavy (non-hydrogen) atoms. The van der Waals surface area contributed by atoms with E-state index >= 15 is 0 Å². The molecule has 3 aromatic rings. The number of rotatable bonds is 5. The number of amides is 1. The van der Waals surface area contributed by atoms with E-state index in [0.717, 1.165) is 16.8 Å². The van der Waals surface area contributed by atoms with Gasteiger partial charge < -0.3 is 10.1 Å². The van der Waals surface area contributed by atoms with Crippen LogP contribution < -0.4 is 10.1 Å². The fourth-order valence-corrected chi connectivity index (χ4v) is 3.02. The van der Waals surface area contributed by atoms with Crippen LogP contribution >= 0.6 is 11.6 Å². The van der Waals surface area contributed by atoms with Gasteiger partial charge in [0.05, 0.1) is 13.7 Å². The van der Waals surface area contributed by atoms with Gasteiger partial charge in [0, 0.05) is 27.9 Å². The number of aryl methyl sites for hydroxylation is 1. The molecule has 0 fully saturated rings. The van der Waals surface area contributed by atoms with Gasteiger partial charge in [0.2, 0.25) is 0 Å². The summed E-state index contributed by atoms with van der Waals surface area (Å²) in [6.07, 6.45) is 0. The zero-order valence-electron chi connectivity index (χ0n) is 14.9. The van der Waals surface area contributed by atoms with E-state index in [9.17, 15) is 4.79 Å². The Balaban J connectivity index is 1.78. The second-order valence-corrected chi connectivity index (χ2v) is 6.48. The Bertz CT molecular complexity index is 950. The fourth-order valence-electron chi connectivity index (χ4n) is 2.80. The van der Waals surface area contributed by atoms with Crippen LogP contribution in [0.3, 0.4) is 0 Å². The second-order valence-electron chi connectivity index (χ2n) is 6.05. The Morgan fingerprint density at radius 3 is 2.69 bits per heavy atom. The smallest absolute Gasteiger partial charge is 0.257 e. The van der Waals surface area contributed by atoms with Crippen molar-refractivity contribution >= 4 is 23.3 Å². The molecule has 6 heteroatoms. The molecule has 0 radical (unpaired) electrons. The van der Waals surface area contributed by atoms with Crippen LogP contribution in [0.25, 0.3) is 0 Å². The minimum Gasteiger partial charge on any atom is -0.496 e. The van der Waals surface area contributed by atoms with E-state index in [1.165, 1.54) is 0 Å². The number of nitrogens with one attached hydrogen (secondary N) is 1. The van der Waals surface area contributed by atoms with Crippen LogP contribution in [0, 0.1) is 13.8 Å². The number of aromatic nitrogens is 2. The minimum atomic E-state index is -0.214. The molecule has 1 amide bonds. The highest BCUT2D eigenvalue weighted by Crippen LogP contribution is 2.22. The summed E-state index contributed by atoms with van der Waals surface area (Å²) < 4.78 is 7.11. The lowest BCUT2D eigenvalue weighted by atomic mass is 10.1. The number of anilines is 1. The lowest BCUT2D eigenvalue weighted by Crippen LogP contribution is -2.14. The number of halogens is 1. The lowest BCUT2D eigenvalue weighted by Gasteiger charge is -2.09. The highest BCUT2D eigenvalue weighted by molar-refractivity contribution is 6.30. The van der Waals surface area contributed by atoms with Crippen molar-refractivity contribution in [2.24, 2.45) is 0 Å². The maximum absolute atomic E-state index is 12.6. The molecule has 0 unspecified atom stereocenters. The molecule has 0 atom stereocenters. The average Bonchev–Trinajstić information content (AvgIpc) is 2.94. The predicted molar refractivity (Wildman–Crippen MR) is 103 cm³/mol. The van der Waals surface area contributed by atoms with Crippen molar-refractivity contribution in [3.8, 4) is 5.75 Å². The summed E-state index contributed by atoms with van der Waals surface area (Å²) in [5.74, 6) is 0.978. The van der Waals surface area contributed by atoms with Crippen LogP contribution in [0.2, 0.25) is 5.02 Å². The number of nitrogens with zero attached hydrogens (tertiary/aromatic N) is 2. The van der Waals surface area contributed by atoms with Crippen molar-refractivity contribution in [1.82, 2.24) is 9.78 Å². The van der Waals surface area contributed by atoms with Crippen LogP contribution in [0.15, 0.2) is 48.5 Å². The SMILES string of the molecule is COc1cccc(C(=O)Nc2cc(C)n(Cc3cccc(Cl)c3)n2)c1C. The van der Waals surface area contributed by atoms with Crippen LogP contribution in [-0.4, -0.2) is 22.8 Å². The molecule has 0 saturated carbocycles. The van der Waals surface area contributed by atoms with Gasteiger partial charge in [-0.05, 0) is 43.7 Å². The zero-order valence-corrected chi connectivity index (χ0v) is 15.7. The van der Waals surface area contributed by atoms with Crippen molar-refractivity contribution in [2.45, 2.75) is 20.4 Å². The van der Waals surface area contributed by atoms with Crippen LogP contribution in [0.5, 0.6) is 5.75 Å². The van der Waals surface area contributed by atoms with Gasteiger partial charge in [-0.25, -0.2) is 0 Å². The largest absolute Gasteiger partial charge is 0.496 e. The standard InChI is InChI=1S/C20H20ClN3O2/c1-13-10-19(23-24(13)12-15-6-4-7-16(21)11-15)22-20(25)17-8-5-9-18(26-3)14(17)2/h4-11H,12H2,1-3H3,(H,22,23,25). The fraction of sp³-hybridized carbons (Fsp3) is 0.200. The minimum absolute atomic E-state index is 0.214. The summed E-state index contributed by atoms with van der Waals surface area (Å²) in [4.78, 5) is 12.6. The van der Waals surface area contributed by atoms with Gasteiger partial charge in [-0.15, -0.1) is 0 Å². The van der Waals surface area contributed by atoms with Crippen molar-refractivity contribution in [1.29, 1.82) is 0 Å². The van der Waals surface area contributed by atoms with E-state index in [1.807, 2.05) is 54.9 Å². The zero-order chi connectivity index (χ0) is 18.7. The van der Waals surface area contributed by atoms with Crippen molar-refractivity contribution in [2.75, 3.05) is 12.4 Å². The van der Waals surface area contributed by atoms with Gasteiger partial charge in [0.25, 0.3) is 5.91 Å². The summed E-state index contributed by atoms with van der Waals surface area (Å²) >= 11 is 6.04. The molecule has 0 aliphatic carbocycles. The predicted octanol–water partition coefficient (Wildman–Crippen LogP) is 4.46. The number of ether oxygens (including phenoxy) is 1. The summed E-state index contributed by atoms with van der Waals surface area (Å²) in [7, 11) is 1.59. The Morgan fingerprint density at radius 1 is 1.19 bits per heavy atom. The first kappa shape index (κ1) is 18.0. The number of carbonyl (C=O) groups excluding carboxylic acids is 1. The molecule has 0 saturated heterocycles. The van der Waals surface area contributed by atoms with Crippen molar-refractivity contribution in [3.63, 3.8) is 0 Å². The average molecular weight is 370 g/mol. The van der Waals surface area contributed by atoms with E-state index in [0.29, 0.717) is 28.7 Å². The molecule has 1 N–H and O–H groups in total. The van der Waals surface area contributed by atoms with E-state index in [4.69, 9.17) is 16.3 Å². The first-order chi connectivity index (χ1) is 12.5. The van der Waals surface area contributed by atoms with Gasteiger partial charge in [-0.2, -0.15) is 5.10 Å². The third-order valence-electron chi connectivity index (χ3n) is 4.19. The highest BCUT2D eigenvalue weighted by atomic mass is 35.5. The third kappa shape index (κ3) is 3.89. The first-order valence-corrected chi connectivity index (χ1v) is 8.59. The second kappa shape index (κ2) is 7.62.